The van der Waals surface area contributed by atoms with Gasteiger partial charge in [-0.2, -0.15) is 0 Å². The van der Waals surface area contributed by atoms with E-state index in [2.05, 4.69) is 57.3 Å². The molecule has 1 rings (SSSR count). The van der Waals surface area contributed by atoms with E-state index in [-0.39, 0.29) is 18.1 Å². The highest BCUT2D eigenvalue weighted by Gasteiger charge is 2.23. The van der Waals surface area contributed by atoms with E-state index in [4.69, 9.17) is 4.74 Å². The Bertz CT molecular complexity index is 530. The monoisotopic (exact) mass is 407 g/mol. The van der Waals surface area contributed by atoms with Gasteiger partial charge in [-0.05, 0) is 44.0 Å². The van der Waals surface area contributed by atoms with E-state index in [0.717, 1.165) is 18.5 Å². The largest absolute Gasteiger partial charge is 0.456 e. The average Bonchev–Trinajstić information content (AvgIpc) is 2.66. The Labute approximate surface area is 177 Å². The van der Waals surface area contributed by atoms with E-state index in [0.29, 0.717) is 11.7 Å². The van der Waals surface area contributed by atoms with Gasteiger partial charge in [0.25, 0.3) is 0 Å². The number of nitrogens with one attached hydrogen (secondary N) is 1. The number of carbonyl (C=O) groups is 1. The first-order valence-corrected chi connectivity index (χ1v) is 12.0. The summed E-state index contributed by atoms with van der Waals surface area (Å²) in [5, 5.41) is 4.14. The van der Waals surface area contributed by atoms with Crippen molar-refractivity contribution < 1.29 is 9.53 Å². The molecule has 0 saturated carbocycles. The van der Waals surface area contributed by atoms with Crippen LogP contribution in [0.2, 0.25) is 0 Å². The molecule has 4 heteroatoms. The Morgan fingerprint density at radius 3 is 2.21 bits per heavy atom. The highest BCUT2D eigenvalue weighted by molar-refractivity contribution is 7.99. The van der Waals surface area contributed by atoms with Gasteiger partial charge in [0.1, 0.15) is 6.10 Å². The Balaban J connectivity index is 2.64. The van der Waals surface area contributed by atoms with Gasteiger partial charge in [-0.15, -0.1) is 11.8 Å². The van der Waals surface area contributed by atoms with E-state index in [1.165, 1.54) is 43.4 Å². The second kappa shape index (κ2) is 14.9. The molecule has 0 spiro atoms. The summed E-state index contributed by atoms with van der Waals surface area (Å²) in [5.74, 6) is -0.110. The van der Waals surface area contributed by atoms with Gasteiger partial charge in [-0.25, -0.2) is 0 Å². The quantitative estimate of drug-likeness (QED) is 0.195. The van der Waals surface area contributed by atoms with Crippen LogP contribution in [0.5, 0.6) is 0 Å². The first kappa shape index (κ1) is 25.0. The third-order valence-electron chi connectivity index (χ3n) is 4.74. The molecule has 1 aromatic rings. The highest BCUT2D eigenvalue weighted by Crippen LogP contribution is 2.27. The minimum absolute atomic E-state index is 0.0973. The van der Waals surface area contributed by atoms with E-state index >= 15 is 0 Å². The number of hydrogen-bond acceptors (Lipinski definition) is 4. The average molecular weight is 408 g/mol. The van der Waals surface area contributed by atoms with Crippen molar-refractivity contribution in [1.82, 2.24) is 5.32 Å². The summed E-state index contributed by atoms with van der Waals surface area (Å²) in [6.07, 6.45) is 8.76. The van der Waals surface area contributed by atoms with Crippen LogP contribution in [0.25, 0.3) is 0 Å². The van der Waals surface area contributed by atoms with Crippen molar-refractivity contribution in [1.29, 1.82) is 0 Å². The Hall–Kier alpha value is -1.00. The molecular weight excluding hydrogens is 366 g/mol. The molecule has 2 atom stereocenters. The number of unbranched alkanes of at least 4 members (excludes halogenated alkanes) is 5. The fourth-order valence-electron chi connectivity index (χ4n) is 3.21. The summed E-state index contributed by atoms with van der Waals surface area (Å²) < 4.78 is 5.86. The standard InChI is InChI=1S/C24H41NO2S/c1-6-8-9-10-11-12-18-25-20(5)24(27-23(26)13-7-2)21-14-16-22(17-15-21)28-19(3)4/h14-17,19-20,24-25H,6-13,18H2,1-5H3. The number of carbonyl (C=O) groups excluding carboxylic acids is 1. The van der Waals surface area contributed by atoms with Gasteiger partial charge in [0, 0.05) is 22.6 Å². The number of esters is 1. The summed E-state index contributed by atoms with van der Waals surface area (Å²) in [6.45, 7) is 11.7. The molecule has 0 aliphatic heterocycles. The van der Waals surface area contributed by atoms with Crippen LogP contribution in [-0.4, -0.2) is 23.8 Å². The van der Waals surface area contributed by atoms with Gasteiger partial charge >= 0.3 is 5.97 Å². The summed E-state index contributed by atoms with van der Waals surface area (Å²) in [6, 6.07) is 8.59. The van der Waals surface area contributed by atoms with E-state index in [1.54, 1.807) is 0 Å². The SMILES string of the molecule is CCCCCCCCNC(C)C(OC(=O)CCC)c1ccc(SC(C)C)cc1. The molecule has 0 fully saturated rings. The predicted molar refractivity (Wildman–Crippen MR) is 122 cm³/mol. The molecule has 3 nitrogen and oxygen atoms in total. The minimum Gasteiger partial charge on any atom is -0.456 e. The predicted octanol–water partition coefficient (Wildman–Crippen LogP) is 6.91. The van der Waals surface area contributed by atoms with Crippen LogP contribution < -0.4 is 5.32 Å². The zero-order chi connectivity index (χ0) is 20.8. The fraction of sp³-hybridized carbons (Fsp3) is 0.708. The molecule has 1 N–H and O–H groups in total. The number of thioether (sulfide) groups is 1. The molecule has 0 aliphatic rings. The van der Waals surface area contributed by atoms with Crippen LogP contribution in [0.3, 0.4) is 0 Å². The minimum atomic E-state index is -0.239. The van der Waals surface area contributed by atoms with Gasteiger partial charge in [0.2, 0.25) is 0 Å². The number of rotatable bonds is 15. The number of benzene rings is 1. The molecule has 1 aromatic carbocycles. The van der Waals surface area contributed by atoms with Gasteiger partial charge < -0.3 is 10.1 Å². The summed E-state index contributed by atoms with van der Waals surface area (Å²) in [7, 11) is 0. The Morgan fingerprint density at radius 2 is 1.61 bits per heavy atom. The lowest BCUT2D eigenvalue weighted by atomic mass is 10.0. The molecule has 0 saturated heterocycles. The third kappa shape index (κ3) is 10.5. The fourth-order valence-corrected chi connectivity index (χ4v) is 4.05. The van der Waals surface area contributed by atoms with Crippen LogP contribution in [0.15, 0.2) is 29.2 Å². The Morgan fingerprint density at radius 1 is 0.964 bits per heavy atom. The maximum atomic E-state index is 12.2. The van der Waals surface area contributed by atoms with Gasteiger partial charge in [-0.3, -0.25) is 4.79 Å². The molecule has 0 heterocycles. The van der Waals surface area contributed by atoms with Crippen molar-refractivity contribution in [2.45, 2.75) is 108 Å². The van der Waals surface area contributed by atoms with E-state index < -0.39 is 0 Å². The smallest absolute Gasteiger partial charge is 0.306 e. The van der Waals surface area contributed by atoms with Crippen molar-refractivity contribution in [3.05, 3.63) is 29.8 Å². The van der Waals surface area contributed by atoms with Crippen LogP contribution in [-0.2, 0) is 9.53 Å². The molecule has 0 bridgehead atoms. The molecule has 0 aliphatic carbocycles. The van der Waals surface area contributed by atoms with E-state index in [9.17, 15) is 4.79 Å². The molecule has 0 radical (unpaired) electrons. The number of hydrogen-bond donors (Lipinski definition) is 1. The van der Waals surface area contributed by atoms with Crippen molar-refractivity contribution in [3.8, 4) is 0 Å². The normalized spacial score (nSPS) is 13.5. The molecule has 2 unspecified atom stereocenters. The van der Waals surface area contributed by atoms with Gasteiger partial charge in [-0.1, -0.05) is 71.9 Å². The molecule has 0 amide bonds. The first-order valence-electron chi connectivity index (χ1n) is 11.2. The van der Waals surface area contributed by atoms with Crippen molar-refractivity contribution >= 4 is 17.7 Å². The van der Waals surface area contributed by atoms with E-state index in [1.807, 2.05) is 18.7 Å². The van der Waals surface area contributed by atoms with Crippen LogP contribution >= 0.6 is 11.8 Å². The molecule has 0 aromatic heterocycles. The third-order valence-corrected chi connectivity index (χ3v) is 5.76. The summed E-state index contributed by atoms with van der Waals surface area (Å²) >= 11 is 1.85. The molecule has 160 valence electrons. The lowest BCUT2D eigenvalue weighted by Crippen LogP contribution is -2.35. The highest BCUT2D eigenvalue weighted by atomic mass is 32.2. The number of ether oxygens (including phenoxy) is 1. The van der Waals surface area contributed by atoms with Crippen LogP contribution in [0, 0.1) is 0 Å². The lowest BCUT2D eigenvalue weighted by Gasteiger charge is -2.26. The van der Waals surface area contributed by atoms with Gasteiger partial charge in [0.05, 0.1) is 0 Å². The van der Waals surface area contributed by atoms with Crippen molar-refractivity contribution in [2.75, 3.05) is 6.54 Å². The maximum absolute atomic E-state index is 12.2. The zero-order valence-electron chi connectivity index (χ0n) is 18.6. The van der Waals surface area contributed by atoms with Crippen LogP contribution in [0.1, 0.15) is 97.7 Å². The van der Waals surface area contributed by atoms with Crippen molar-refractivity contribution in [3.63, 3.8) is 0 Å². The van der Waals surface area contributed by atoms with Crippen LogP contribution in [0.4, 0.5) is 0 Å². The second-order valence-electron chi connectivity index (χ2n) is 7.91. The first-order chi connectivity index (χ1) is 13.5. The second-order valence-corrected chi connectivity index (χ2v) is 9.56. The summed E-state index contributed by atoms with van der Waals surface area (Å²) in [5.41, 5.74) is 1.07. The maximum Gasteiger partial charge on any atom is 0.306 e. The lowest BCUT2D eigenvalue weighted by molar-refractivity contribution is -0.151. The molecule has 28 heavy (non-hydrogen) atoms. The Kier molecular flexibility index (Phi) is 13.3. The molecular formula is C24H41NO2S. The zero-order valence-corrected chi connectivity index (χ0v) is 19.4. The van der Waals surface area contributed by atoms with Crippen molar-refractivity contribution in [2.24, 2.45) is 0 Å². The summed E-state index contributed by atoms with van der Waals surface area (Å²) in [4.78, 5) is 13.4. The topological polar surface area (TPSA) is 38.3 Å². The van der Waals surface area contributed by atoms with Gasteiger partial charge in [0.15, 0.2) is 0 Å².